The number of carbonyl (C=O) groups is 2. The van der Waals surface area contributed by atoms with Gasteiger partial charge in [0.15, 0.2) is 0 Å². The summed E-state index contributed by atoms with van der Waals surface area (Å²) in [6.45, 7) is 0.356. The van der Waals surface area contributed by atoms with Crippen molar-refractivity contribution < 1.29 is 9.59 Å². The molecule has 0 saturated heterocycles. The fraction of sp³-hybridized carbons (Fsp3) is 0.0952. The van der Waals surface area contributed by atoms with E-state index in [2.05, 4.69) is 15.6 Å². The van der Waals surface area contributed by atoms with Crippen molar-refractivity contribution in [2.45, 2.75) is 6.54 Å². The molecule has 1 aromatic heterocycles. The number of carbonyl (C=O) groups excluding carboxylic acids is 2. The average Bonchev–Trinajstić information content (AvgIpc) is 2.72. The third-order valence-electron chi connectivity index (χ3n) is 3.88. The zero-order valence-corrected chi connectivity index (χ0v) is 14.2. The molecule has 2 aromatic carbocycles. The second kappa shape index (κ2) is 8.58. The van der Waals surface area contributed by atoms with Gasteiger partial charge in [0.2, 0.25) is 5.91 Å². The molecule has 0 atom stereocenters. The molecule has 0 aliphatic rings. The summed E-state index contributed by atoms with van der Waals surface area (Å²) in [6, 6.07) is 20.6. The lowest BCUT2D eigenvalue weighted by Crippen LogP contribution is -2.36. The lowest BCUT2D eigenvalue weighted by Gasteiger charge is -2.08. The summed E-state index contributed by atoms with van der Waals surface area (Å²) in [5.41, 5.74) is 3.64. The van der Waals surface area contributed by atoms with E-state index in [1.165, 1.54) is 0 Å². The van der Waals surface area contributed by atoms with Gasteiger partial charge in [-0.05, 0) is 34.9 Å². The molecule has 0 radical (unpaired) electrons. The van der Waals surface area contributed by atoms with Crippen LogP contribution in [0.25, 0.3) is 11.1 Å². The van der Waals surface area contributed by atoms with Gasteiger partial charge in [-0.2, -0.15) is 0 Å². The van der Waals surface area contributed by atoms with Crippen molar-refractivity contribution in [1.82, 2.24) is 15.6 Å². The Bertz CT molecular complexity index is 863. The van der Waals surface area contributed by atoms with Crippen LogP contribution in [-0.2, 0) is 11.3 Å². The molecule has 0 fully saturated rings. The summed E-state index contributed by atoms with van der Waals surface area (Å²) in [5, 5.41) is 5.41. The Morgan fingerprint density at radius 2 is 1.58 bits per heavy atom. The summed E-state index contributed by atoms with van der Waals surface area (Å²) < 4.78 is 0. The molecule has 2 N–H and O–H groups in total. The van der Waals surface area contributed by atoms with Crippen LogP contribution in [0.15, 0.2) is 79.1 Å². The maximum Gasteiger partial charge on any atom is 0.251 e. The highest BCUT2D eigenvalue weighted by Gasteiger charge is 2.07. The van der Waals surface area contributed by atoms with Gasteiger partial charge in [-0.25, -0.2) is 0 Å². The number of benzene rings is 2. The van der Waals surface area contributed by atoms with Crippen LogP contribution in [0, 0.1) is 0 Å². The highest BCUT2D eigenvalue weighted by atomic mass is 16.2. The average molecular weight is 345 g/mol. The third kappa shape index (κ3) is 4.77. The highest BCUT2D eigenvalue weighted by molar-refractivity contribution is 5.96. The molecule has 2 amide bonds. The van der Waals surface area contributed by atoms with E-state index in [0.29, 0.717) is 12.1 Å². The largest absolute Gasteiger partial charge is 0.350 e. The van der Waals surface area contributed by atoms with Gasteiger partial charge in [0, 0.05) is 24.5 Å². The first-order valence-corrected chi connectivity index (χ1v) is 8.31. The molecule has 0 aliphatic carbocycles. The molecule has 3 rings (SSSR count). The second-order valence-corrected chi connectivity index (χ2v) is 5.76. The SMILES string of the molecule is O=C(CNC(=O)c1ccccc1)NCc1ccc(-c2cccnc2)cc1. The second-order valence-electron chi connectivity index (χ2n) is 5.76. The lowest BCUT2D eigenvalue weighted by atomic mass is 10.1. The van der Waals surface area contributed by atoms with Crippen LogP contribution in [-0.4, -0.2) is 23.3 Å². The van der Waals surface area contributed by atoms with E-state index in [1.54, 1.807) is 30.5 Å². The van der Waals surface area contributed by atoms with Gasteiger partial charge < -0.3 is 10.6 Å². The van der Waals surface area contributed by atoms with Gasteiger partial charge in [0.05, 0.1) is 6.54 Å². The summed E-state index contributed by atoms with van der Waals surface area (Å²) in [4.78, 5) is 27.9. The topological polar surface area (TPSA) is 71.1 Å². The number of hydrogen-bond acceptors (Lipinski definition) is 3. The molecule has 0 spiro atoms. The zero-order chi connectivity index (χ0) is 18.2. The van der Waals surface area contributed by atoms with Crippen molar-refractivity contribution in [1.29, 1.82) is 0 Å². The predicted molar refractivity (Wildman–Crippen MR) is 100 cm³/mol. The van der Waals surface area contributed by atoms with Gasteiger partial charge in [-0.15, -0.1) is 0 Å². The van der Waals surface area contributed by atoms with E-state index in [0.717, 1.165) is 16.7 Å². The Labute approximate surface area is 152 Å². The Kier molecular flexibility index (Phi) is 5.72. The Balaban J connectivity index is 1.46. The van der Waals surface area contributed by atoms with Crippen LogP contribution in [0.4, 0.5) is 0 Å². The molecule has 130 valence electrons. The molecular formula is C21H19N3O2. The Hall–Kier alpha value is -3.47. The van der Waals surface area contributed by atoms with E-state index in [4.69, 9.17) is 0 Å². The zero-order valence-electron chi connectivity index (χ0n) is 14.2. The van der Waals surface area contributed by atoms with E-state index < -0.39 is 0 Å². The summed E-state index contributed by atoms with van der Waals surface area (Å²) in [7, 11) is 0. The minimum Gasteiger partial charge on any atom is -0.350 e. The summed E-state index contributed by atoms with van der Waals surface area (Å²) in [6.07, 6.45) is 3.55. The summed E-state index contributed by atoms with van der Waals surface area (Å²) >= 11 is 0. The Morgan fingerprint density at radius 1 is 0.808 bits per heavy atom. The molecule has 5 heteroatoms. The predicted octanol–water partition coefficient (Wildman–Crippen LogP) is 2.79. The molecule has 0 unspecified atom stereocenters. The number of nitrogens with one attached hydrogen (secondary N) is 2. The number of rotatable bonds is 6. The molecule has 1 heterocycles. The van der Waals surface area contributed by atoms with Gasteiger partial charge in [0.1, 0.15) is 0 Å². The van der Waals surface area contributed by atoms with Gasteiger partial charge in [0.25, 0.3) is 5.91 Å². The molecule has 26 heavy (non-hydrogen) atoms. The molecule has 5 nitrogen and oxygen atoms in total. The number of hydrogen-bond donors (Lipinski definition) is 2. The molecule has 3 aromatic rings. The highest BCUT2D eigenvalue weighted by Crippen LogP contribution is 2.18. The van der Waals surface area contributed by atoms with Crippen LogP contribution >= 0.6 is 0 Å². The van der Waals surface area contributed by atoms with Gasteiger partial charge in [-0.1, -0.05) is 48.5 Å². The first-order chi connectivity index (χ1) is 12.7. The maximum atomic E-state index is 11.9. The van der Waals surface area contributed by atoms with Gasteiger partial charge in [-0.3, -0.25) is 14.6 Å². The minimum atomic E-state index is -0.262. The smallest absolute Gasteiger partial charge is 0.251 e. The Morgan fingerprint density at radius 3 is 2.27 bits per heavy atom. The van der Waals surface area contributed by atoms with Crippen LogP contribution in [0.1, 0.15) is 15.9 Å². The van der Waals surface area contributed by atoms with Crippen molar-refractivity contribution in [3.63, 3.8) is 0 Å². The van der Waals surface area contributed by atoms with Crippen molar-refractivity contribution in [3.8, 4) is 11.1 Å². The first kappa shape index (κ1) is 17.4. The number of amides is 2. The fourth-order valence-corrected chi connectivity index (χ4v) is 2.46. The minimum absolute atomic E-state index is 0.0541. The van der Waals surface area contributed by atoms with Crippen molar-refractivity contribution in [2.75, 3.05) is 6.54 Å². The van der Waals surface area contributed by atoms with Crippen LogP contribution in [0.3, 0.4) is 0 Å². The molecule has 0 saturated carbocycles. The molecule has 0 aliphatic heterocycles. The van der Waals surface area contributed by atoms with Crippen molar-refractivity contribution in [3.05, 3.63) is 90.3 Å². The van der Waals surface area contributed by atoms with E-state index in [9.17, 15) is 9.59 Å². The molecule has 0 bridgehead atoms. The maximum absolute atomic E-state index is 11.9. The standard InChI is InChI=1S/C21H19N3O2/c25-20(15-24-21(26)18-5-2-1-3-6-18)23-13-16-8-10-17(11-9-16)19-7-4-12-22-14-19/h1-12,14H,13,15H2,(H,23,25)(H,24,26). The normalized spacial score (nSPS) is 10.2. The van der Waals surface area contributed by atoms with Crippen molar-refractivity contribution in [2.24, 2.45) is 0 Å². The van der Waals surface area contributed by atoms with E-state index >= 15 is 0 Å². The first-order valence-electron chi connectivity index (χ1n) is 8.31. The van der Waals surface area contributed by atoms with Crippen LogP contribution in [0.5, 0.6) is 0 Å². The van der Waals surface area contributed by atoms with Gasteiger partial charge >= 0.3 is 0 Å². The lowest BCUT2D eigenvalue weighted by molar-refractivity contribution is -0.120. The monoisotopic (exact) mass is 345 g/mol. The van der Waals surface area contributed by atoms with E-state index in [1.807, 2.05) is 48.7 Å². The fourth-order valence-electron chi connectivity index (χ4n) is 2.46. The van der Waals surface area contributed by atoms with Crippen LogP contribution < -0.4 is 10.6 Å². The van der Waals surface area contributed by atoms with E-state index in [-0.39, 0.29) is 18.4 Å². The summed E-state index contributed by atoms with van der Waals surface area (Å²) in [5.74, 6) is -0.493. The number of aromatic nitrogens is 1. The number of nitrogens with zero attached hydrogens (tertiary/aromatic N) is 1. The quantitative estimate of drug-likeness (QED) is 0.722. The van der Waals surface area contributed by atoms with Crippen LogP contribution in [0.2, 0.25) is 0 Å². The number of pyridine rings is 1. The molecular weight excluding hydrogens is 326 g/mol. The van der Waals surface area contributed by atoms with Crippen molar-refractivity contribution >= 4 is 11.8 Å². The third-order valence-corrected chi connectivity index (χ3v) is 3.88.